The minimum Gasteiger partial charge on any atom is -0.444 e. The molecule has 2 saturated heterocycles. The lowest BCUT2D eigenvalue weighted by atomic mass is 9.89. The van der Waals surface area contributed by atoms with Gasteiger partial charge in [0.15, 0.2) is 0 Å². The van der Waals surface area contributed by atoms with Crippen LogP contribution in [0.2, 0.25) is 0 Å². The first-order valence-corrected chi connectivity index (χ1v) is 19.7. The van der Waals surface area contributed by atoms with E-state index in [1.807, 2.05) is 19.9 Å². The second-order valence-electron chi connectivity index (χ2n) is 16.7. The number of amides is 6. The number of hydrogen-bond donors (Lipinski definition) is 4. The maximum atomic E-state index is 14.4. The number of ether oxygens (including phenoxy) is 2. The summed E-state index contributed by atoms with van der Waals surface area (Å²) in [6.07, 6.45) is 7.96. The monoisotopic (exact) mass is 780 g/mol. The zero-order valence-electron chi connectivity index (χ0n) is 33.9. The highest BCUT2D eigenvalue weighted by Gasteiger charge is 2.56. The lowest BCUT2D eigenvalue weighted by Crippen LogP contribution is -2.58. The molecule has 0 bridgehead atoms. The summed E-state index contributed by atoms with van der Waals surface area (Å²) in [5.41, 5.74) is -0.814. The number of rotatable bonds is 8. The first kappa shape index (κ1) is 43.9. The number of Topliss-reactive ketones (excluding diaryl/α,β-unsaturated/α-hetero) is 1. The third-order valence-corrected chi connectivity index (χ3v) is 10.1. The van der Waals surface area contributed by atoms with E-state index in [1.54, 1.807) is 65.2 Å². The van der Waals surface area contributed by atoms with Crippen molar-refractivity contribution in [3.63, 3.8) is 0 Å². The second kappa shape index (κ2) is 19.4. The van der Waals surface area contributed by atoms with Gasteiger partial charge in [0.2, 0.25) is 29.4 Å². The van der Waals surface area contributed by atoms with Gasteiger partial charge in [0.05, 0.1) is 24.3 Å². The molecule has 2 fully saturated rings. The van der Waals surface area contributed by atoms with Gasteiger partial charge in [-0.3, -0.25) is 28.8 Å². The average Bonchev–Trinajstić information content (AvgIpc) is 3.62. The summed E-state index contributed by atoms with van der Waals surface area (Å²) in [6.45, 7) is 8.53. The second-order valence-corrected chi connectivity index (χ2v) is 16.7. The molecule has 0 spiro atoms. The van der Waals surface area contributed by atoms with Crippen LogP contribution in [0.1, 0.15) is 104 Å². The molecule has 6 amide bonds. The van der Waals surface area contributed by atoms with Gasteiger partial charge >= 0.3 is 6.09 Å². The zero-order valence-corrected chi connectivity index (χ0v) is 33.9. The Labute approximate surface area is 330 Å². The van der Waals surface area contributed by atoms with Gasteiger partial charge in [-0.05, 0) is 85.1 Å². The van der Waals surface area contributed by atoms with Crippen LogP contribution in [0, 0.1) is 5.92 Å². The largest absolute Gasteiger partial charge is 0.444 e. The van der Waals surface area contributed by atoms with Crippen molar-refractivity contribution in [3.8, 4) is 0 Å². The van der Waals surface area contributed by atoms with Gasteiger partial charge in [-0.1, -0.05) is 55.3 Å². The summed E-state index contributed by atoms with van der Waals surface area (Å²) in [5.74, 6) is -4.55. The molecule has 308 valence electrons. The molecule has 15 heteroatoms. The molecule has 3 aliphatic heterocycles. The SMILES string of the molecule is CN(C)C(=O)[C@@H](NC(=O)CNC(=O)C(=O)[C@@H]1CCCCC=CCCCC[C@H](NC(=O)OC(C)(C)C)C(=O)N2C[C@@H]3OC(C)(C)C[C@@H]3[C@H]2C(=O)N1)c1ccccc1. The highest BCUT2D eigenvalue weighted by Crippen LogP contribution is 2.43. The normalized spacial score (nSPS) is 25.1. The number of likely N-dealkylation sites (N-methyl/N-ethyl adjacent to an activating group) is 1. The molecule has 1 aromatic carbocycles. The van der Waals surface area contributed by atoms with Crippen LogP contribution >= 0.6 is 0 Å². The van der Waals surface area contributed by atoms with Crippen molar-refractivity contribution in [2.45, 2.75) is 134 Å². The maximum absolute atomic E-state index is 14.4. The standard InChI is InChI=1S/C41H60N6O9/c1-40(2,3)56-39(54)44-29-22-18-13-11-9-8-10-12-17-21-28(43-35(50)33-27-23-41(4,5)55-30(27)25-47(33)37(29)52)34(49)36(51)42-24-31(48)45-32(38(53)46(6)7)26-19-15-14-16-20-26/h8-9,14-16,19-20,27-30,32-33H,10-13,17-18,21-25H2,1-7H3,(H,42,51)(H,43,50)(H,44,54)(H,45,48)/t27-,28-,29-,30-,32-,33-/m0/s1. The number of benzene rings is 1. The fraction of sp³-hybridized carbons (Fsp3) is 0.634. The van der Waals surface area contributed by atoms with E-state index < -0.39 is 89.4 Å². The Morgan fingerprint density at radius 2 is 1.62 bits per heavy atom. The molecule has 56 heavy (non-hydrogen) atoms. The molecule has 1 aromatic rings. The van der Waals surface area contributed by atoms with Gasteiger partial charge in [0.25, 0.3) is 5.91 Å². The first-order valence-electron chi connectivity index (χ1n) is 19.7. The first-order chi connectivity index (χ1) is 26.4. The molecule has 0 radical (unpaired) electrons. The van der Waals surface area contributed by atoms with Crippen LogP contribution in [0.3, 0.4) is 0 Å². The summed E-state index contributed by atoms with van der Waals surface area (Å²) in [7, 11) is 3.12. The lowest BCUT2D eigenvalue weighted by molar-refractivity contribution is -0.144. The highest BCUT2D eigenvalue weighted by atomic mass is 16.6. The quantitative estimate of drug-likeness (QED) is 0.227. The van der Waals surface area contributed by atoms with Gasteiger partial charge in [0.1, 0.15) is 23.7 Å². The van der Waals surface area contributed by atoms with Crippen molar-refractivity contribution in [1.82, 2.24) is 31.1 Å². The van der Waals surface area contributed by atoms with Crippen LogP contribution in [0.25, 0.3) is 0 Å². The third-order valence-electron chi connectivity index (χ3n) is 10.1. The maximum Gasteiger partial charge on any atom is 0.408 e. The van der Waals surface area contributed by atoms with Crippen molar-refractivity contribution >= 4 is 41.4 Å². The van der Waals surface area contributed by atoms with Crippen LogP contribution < -0.4 is 21.3 Å². The number of carbonyl (C=O) groups is 7. The number of allylic oxidation sites excluding steroid dienone is 2. The van der Waals surface area contributed by atoms with Gasteiger partial charge in [0, 0.05) is 26.6 Å². The Morgan fingerprint density at radius 1 is 0.982 bits per heavy atom. The molecule has 3 aliphatic rings. The summed E-state index contributed by atoms with van der Waals surface area (Å²) >= 11 is 0. The van der Waals surface area contributed by atoms with Crippen LogP contribution in [-0.4, -0.2) is 114 Å². The van der Waals surface area contributed by atoms with Gasteiger partial charge < -0.3 is 40.5 Å². The average molecular weight is 781 g/mol. The Balaban J connectivity index is 1.54. The van der Waals surface area contributed by atoms with Gasteiger partial charge in [-0.15, -0.1) is 0 Å². The Hall–Kier alpha value is -4.79. The predicted octanol–water partition coefficient (Wildman–Crippen LogP) is 3.08. The van der Waals surface area contributed by atoms with Crippen molar-refractivity contribution in [2.24, 2.45) is 5.92 Å². The van der Waals surface area contributed by atoms with Crippen LogP contribution in [0.15, 0.2) is 42.5 Å². The van der Waals surface area contributed by atoms with E-state index >= 15 is 0 Å². The molecule has 3 heterocycles. The van der Waals surface area contributed by atoms with E-state index in [2.05, 4.69) is 27.3 Å². The highest BCUT2D eigenvalue weighted by molar-refractivity contribution is 6.38. The summed E-state index contributed by atoms with van der Waals surface area (Å²) < 4.78 is 11.8. The number of nitrogens with one attached hydrogen (secondary N) is 4. The van der Waals surface area contributed by atoms with Crippen molar-refractivity contribution in [3.05, 3.63) is 48.0 Å². The Morgan fingerprint density at radius 3 is 2.25 bits per heavy atom. The molecule has 0 aromatic heterocycles. The van der Waals surface area contributed by atoms with E-state index in [1.165, 1.54) is 9.80 Å². The van der Waals surface area contributed by atoms with Crippen molar-refractivity contribution in [1.29, 1.82) is 0 Å². The number of ketones is 1. The predicted molar refractivity (Wildman–Crippen MR) is 208 cm³/mol. The molecule has 6 atom stereocenters. The molecule has 4 N–H and O–H groups in total. The molecular weight excluding hydrogens is 720 g/mol. The fourth-order valence-electron chi connectivity index (χ4n) is 7.53. The third kappa shape index (κ3) is 12.4. The summed E-state index contributed by atoms with van der Waals surface area (Å²) in [5, 5.41) is 10.5. The van der Waals surface area contributed by atoms with E-state index in [0.29, 0.717) is 37.7 Å². The number of carbonyl (C=O) groups excluding carboxylic acids is 7. The summed E-state index contributed by atoms with van der Waals surface area (Å²) in [6, 6.07) is 4.37. The van der Waals surface area contributed by atoms with E-state index in [9.17, 15) is 33.6 Å². The molecule has 0 saturated carbocycles. The van der Waals surface area contributed by atoms with Crippen molar-refractivity contribution in [2.75, 3.05) is 27.2 Å². The van der Waals surface area contributed by atoms with Crippen molar-refractivity contribution < 1.29 is 43.0 Å². The minimum atomic E-state index is -1.25. The molecule has 15 nitrogen and oxygen atoms in total. The number of alkyl carbamates (subject to hydrolysis) is 1. The topological polar surface area (TPSA) is 193 Å². The Kier molecular flexibility index (Phi) is 15.2. The fourth-order valence-corrected chi connectivity index (χ4v) is 7.53. The van der Waals surface area contributed by atoms with Crippen LogP contribution in [-0.2, 0) is 38.2 Å². The van der Waals surface area contributed by atoms with Crippen LogP contribution in [0.4, 0.5) is 4.79 Å². The van der Waals surface area contributed by atoms with Gasteiger partial charge in [-0.2, -0.15) is 0 Å². The minimum absolute atomic E-state index is 0.106. The van der Waals surface area contributed by atoms with E-state index in [4.69, 9.17) is 9.47 Å². The number of fused-ring (bicyclic) bond motifs is 3. The zero-order chi connectivity index (χ0) is 41.2. The smallest absolute Gasteiger partial charge is 0.408 e. The van der Waals surface area contributed by atoms with E-state index in [-0.39, 0.29) is 18.9 Å². The van der Waals surface area contributed by atoms with Gasteiger partial charge in [-0.25, -0.2) is 4.79 Å². The number of nitrogens with zero attached hydrogens (tertiary/aromatic N) is 2. The Bertz CT molecular complexity index is 1620. The molecule has 0 aliphatic carbocycles. The molecule has 0 unspecified atom stereocenters. The molecular formula is C41H60N6O9. The van der Waals surface area contributed by atoms with Crippen LogP contribution in [0.5, 0.6) is 0 Å². The number of hydrogen-bond acceptors (Lipinski definition) is 9. The molecule has 4 rings (SSSR count). The summed E-state index contributed by atoms with van der Waals surface area (Å²) in [4.78, 5) is 97.4. The lowest BCUT2D eigenvalue weighted by Gasteiger charge is -2.33. The van der Waals surface area contributed by atoms with E-state index in [0.717, 1.165) is 19.3 Å².